The van der Waals surface area contributed by atoms with Gasteiger partial charge in [0.1, 0.15) is 11.6 Å². The van der Waals surface area contributed by atoms with Gasteiger partial charge < -0.3 is 0 Å². The standard InChI is InChI=1S/C29H29F2N3O/c30-25-10-6-23(7-11-25)27-19-28(24-8-12-26(31)13-9-24)34(32-27)29(35)20-33-16-14-22(15-17-33)18-21-4-2-1-3-5-21/h1-13,22,28H,14-20H2/t28-/m0/s1. The second-order valence-electron chi connectivity index (χ2n) is 9.47. The molecule has 1 saturated heterocycles. The maximum atomic E-state index is 13.5. The molecule has 2 aliphatic rings. The Labute approximate surface area is 204 Å². The van der Waals surface area contributed by atoms with E-state index in [1.54, 1.807) is 29.3 Å². The molecule has 0 radical (unpaired) electrons. The van der Waals surface area contributed by atoms with Gasteiger partial charge in [-0.15, -0.1) is 0 Å². The van der Waals surface area contributed by atoms with Crippen molar-refractivity contribution in [3.8, 4) is 0 Å². The Kier molecular flexibility index (Phi) is 7.00. The largest absolute Gasteiger partial charge is 0.294 e. The number of carbonyl (C=O) groups is 1. The van der Waals surface area contributed by atoms with Gasteiger partial charge in [0, 0.05) is 6.42 Å². The fourth-order valence-corrected chi connectivity index (χ4v) is 5.06. The van der Waals surface area contributed by atoms with Gasteiger partial charge in [0.05, 0.1) is 18.3 Å². The fraction of sp³-hybridized carbons (Fsp3) is 0.310. The molecule has 2 heterocycles. The predicted octanol–water partition coefficient (Wildman–Crippen LogP) is 5.60. The van der Waals surface area contributed by atoms with E-state index in [2.05, 4.69) is 34.3 Å². The van der Waals surface area contributed by atoms with Crippen LogP contribution in [0.25, 0.3) is 0 Å². The average molecular weight is 474 g/mol. The molecule has 35 heavy (non-hydrogen) atoms. The van der Waals surface area contributed by atoms with Crippen LogP contribution < -0.4 is 0 Å². The molecule has 0 N–H and O–H groups in total. The van der Waals surface area contributed by atoms with E-state index in [0.29, 0.717) is 18.9 Å². The third kappa shape index (κ3) is 5.65. The Morgan fingerprint density at radius 2 is 1.49 bits per heavy atom. The number of nitrogens with zero attached hydrogens (tertiary/aromatic N) is 3. The number of likely N-dealkylation sites (tertiary alicyclic amines) is 1. The highest BCUT2D eigenvalue weighted by Gasteiger charge is 2.34. The zero-order chi connectivity index (χ0) is 24.2. The Morgan fingerprint density at radius 1 is 0.857 bits per heavy atom. The summed E-state index contributed by atoms with van der Waals surface area (Å²) in [6.45, 7) is 2.07. The van der Waals surface area contributed by atoms with Crippen molar-refractivity contribution in [2.45, 2.75) is 31.7 Å². The number of hydrazone groups is 1. The third-order valence-corrected chi connectivity index (χ3v) is 7.03. The number of hydrogen-bond donors (Lipinski definition) is 0. The highest BCUT2D eigenvalue weighted by molar-refractivity contribution is 6.03. The van der Waals surface area contributed by atoms with E-state index in [0.717, 1.165) is 49.2 Å². The molecule has 180 valence electrons. The van der Waals surface area contributed by atoms with Crippen molar-refractivity contribution in [1.82, 2.24) is 9.91 Å². The van der Waals surface area contributed by atoms with Crippen LogP contribution in [-0.2, 0) is 11.2 Å². The number of piperidine rings is 1. The summed E-state index contributed by atoms with van der Waals surface area (Å²) >= 11 is 0. The lowest BCUT2D eigenvalue weighted by molar-refractivity contribution is -0.134. The molecule has 0 aromatic heterocycles. The summed E-state index contributed by atoms with van der Waals surface area (Å²) in [6.07, 6.45) is 3.70. The maximum absolute atomic E-state index is 13.5. The van der Waals surface area contributed by atoms with Crippen LogP contribution in [0.4, 0.5) is 8.78 Å². The summed E-state index contributed by atoms with van der Waals surface area (Å²) in [5.41, 5.74) is 3.72. The number of rotatable bonds is 6. The minimum atomic E-state index is -0.317. The monoisotopic (exact) mass is 473 g/mol. The molecule has 0 bridgehead atoms. The van der Waals surface area contributed by atoms with Crippen molar-refractivity contribution in [3.05, 3.63) is 107 Å². The Morgan fingerprint density at radius 3 is 2.14 bits per heavy atom. The Hall–Kier alpha value is -3.38. The quantitative estimate of drug-likeness (QED) is 0.467. The first-order chi connectivity index (χ1) is 17.0. The van der Waals surface area contributed by atoms with Gasteiger partial charge in [0.2, 0.25) is 0 Å². The van der Waals surface area contributed by atoms with Gasteiger partial charge >= 0.3 is 0 Å². The first-order valence-corrected chi connectivity index (χ1v) is 12.2. The fourth-order valence-electron chi connectivity index (χ4n) is 5.06. The van der Waals surface area contributed by atoms with E-state index in [1.165, 1.54) is 29.8 Å². The summed E-state index contributed by atoms with van der Waals surface area (Å²) in [5.74, 6) is -0.0720. The smallest absolute Gasteiger partial charge is 0.257 e. The molecule has 0 aliphatic carbocycles. The molecular formula is C29H29F2N3O. The average Bonchev–Trinajstić information content (AvgIpc) is 3.32. The zero-order valence-corrected chi connectivity index (χ0v) is 19.6. The van der Waals surface area contributed by atoms with Crippen LogP contribution in [0.5, 0.6) is 0 Å². The molecule has 1 amide bonds. The third-order valence-electron chi connectivity index (χ3n) is 7.03. The van der Waals surface area contributed by atoms with Crippen molar-refractivity contribution in [1.29, 1.82) is 0 Å². The van der Waals surface area contributed by atoms with Crippen molar-refractivity contribution in [2.75, 3.05) is 19.6 Å². The molecule has 3 aromatic rings. The number of halogens is 2. The van der Waals surface area contributed by atoms with Crippen LogP contribution in [-0.4, -0.2) is 41.2 Å². The van der Waals surface area contributed by atoms with Crippen LogP contribution in [0.15, 0.2) is 84.0 Å². The molecule has 6 heteroatoms. The summed E-state index contributed by atoms with van der Waals surface area (Å²) in [5, 5.41) is 6.21. The minimum Gasteiger partial charge on any atom is -0.294 e. The van der Waals surface area contributed by atoms with Crippen molar-refractivity contribution >= 4 is 11.6 Å². The molecule has 0 saturated carbocycles. The number of carbonyl (C=O) groups excluding carboxylic acids is 1. The van der Waals surface area contributed by atoms with Gasteiger partial charge in [0.25, 0.3) is 5.91 Å². The van der Waals surface area contributed by atoms with Crippen LogP contribution in [0.2, 0.25) is 0 Å². The number of hydrogen-bond acceptors (Lipinski definition) is 3. The van der Waals surface area contributed by atoms with Crippen LogP contribution in [0.1, 0.15) is 42.0 Å². The van der Waals surface area contributed by atoms with Gasteiger partial charge in [-0.3, -0.25) is 9.69 Å². The zero-order valence-electron chi connectivity index (χ0n) is 19.6. The molecule has 0 unspecified atom stereocenters. The van der Waals surface area contributed by atoms with E-state index in [1.807, 2.05) is 6.07 Å². The van der Waals surface area contributed by atoms with Gasteiger partial charge in [-0.25, -0.2) is 13.8 Å². The van der Waals surface area contributed by atoms with E-state index >= 15 is 0 Å². The normalized spacial score (nSPS) is 19.1. The maximum Gasteiger partial charge on any atom is 0.257 e. The molecule has 5 rings (SSSR count). The molecular weight excluding hydrogens is 444 g/mol. The summed E-state index contributed by atoms with van der Waals surface area (Å²) in [4.78, 5) is 15.6. The van der Waals surface area contributed by atoms with E-state index in [9.17, 15) is 13.6 Å². The van der Waals surface area contributed by atoms with Gasteiger partial charge in [-0.05, 0) is 79.2 Å². The van der Waals surface area contributed by atoms with Crippen molar-refractivity contribution < 1.29 is 13.6 Å². The minimum absolute atomic E-state index is 0.0713. The summed E-state index contributed by atoms with van der Waals surface area (Å²) in [7, 11) is 0. The second kappa shape index (κ2) is 10.5. The summed E-state index contributed by atoms with van der Waals surface area (Å²) in [6, 6.07) is 22.6. The predicted molar refractivity (Wildman–Crippen MR) is 133 cm³/mol. The second-order valence-corrected chi connectivity index (χ2v) is 9.47. The van der Waals surface area contributed by atoms with Crippen molar-refractivity contribution in [2.24, 2.45) is 11.0 Å². The topological polar surface area (TPSA) is 35.9 Å². The molecule has 4 nitrogen and oxygen atoms in total. The molecule has 0 spiro atoms. The van der Waals surface area contributed by atoms with E-state index < -0.39 is 0 Å². The Balaban J connectivity index is 1.26. The molecule has 1 atom stereocenters. The number of benzene rings is 3. The lowest BCUT2D eigenvalue weighted by atomic mass is 9.90. The van der Waals surface area contributed by atoms with E-state index in [4.69, 9.17) is 0 Å². The van der Waals surface area contributed by atoms with Crippen LogP contribution in [0, 0.1) is 17.6 Å². The van der Waals surface area contributed by atoms with Gasteiger partial charge in [0.15, 0.2) is 0 Å². The van der Waals surface area contributed by atoms with Gasteiger partial charge in [-0.1, -0.05) is 54.6 Å². The first kappa shape index (κ1) is 23.4. The summed E-state index contributed by atoms with van der Waals surface area (Å²) < 4.78 is 27.0. The van der Waals surface area contributed by atoms with Gasteiger partial charge in [-0.2, -0.15) is 5.10 Å². The molecule has 3 aromatic carbocycles. The number of amides is 1. The van der Waals surface area contributed by atoms with E-state index in [-0.39, 0.29) is 23.6 Å². The highest BCUT2D eigenvalue weighted by atomic mass is 19.1. The molecule has 2 aliphatic heterocycles. The highest BCUT2D eigenvalue weighted by Crippen LogP contribution is 2.33. The first-order valence-electron chi connectivity index (χ1n) is 12.2. The Bertz CT molecular complexity index is 1170. The SMILES string of the molecule is O=C(CN1CCC(Cc2ccccc2)CC1)N1N=C(c2ccc(F)cc2)C[C@H]1c1ccc(F)cc1. The lowest BCUT2D eigenvalue weighted by Crippen LogP contribution is -2.42. The van der Waals surface area contributed by atoms with Crippen LogP contribution in [0.3, 0.4) is 0 Å². The van der Waals surface area contributed by atoms with Crippen molar-refractivity contribution in [3.63, 3.8) is 0 Å². The lowest BCUT2D eigenvalue weighted by Gasteiger charge is -2.33. The van der Waals surface area contributed by atoms with Crippen LogP contribution >= 0.6 is 0 Å². The molecule has 1 fully saturated rings.